The van der Waals surface area contributed by atoms with Crippen molar-refractivity contribution in [3.8, 4) is 17.2 Å². The Bertz CT molecular complexity index is 4430. The van der Waals surface area contributed by atoms with Crippen LogP contribution in [0.25, 0.3) is 0 Å². The first-order valence-corrected chi connectivity index (χ1v) is 45.3. The van der Waals surface area contributed by atoms with Gasteiger partial charge in [0.05, 0.1) is 70.8 Å². The van der Waals surface area contributed by atoms with Crippen molar-refractivity contribution in [2.75, 3.05) is 0 Å². The van der Waals surface area contributed by atoms with Crippen molar-refractivity contribution >= 4 is 324 Å². The summed E-state index contributed by atoms with van der Waals surface area (Å²) >= 11 is 32.9. The van der Waals surface area contributed by atoms with E-state index in [0.717, 1.165) is 60.2 Å². The summed E-state index contributed by atoms with van der Waals surface area (Å²) in [5, 5.41) is 0. The number of carbonyl (C=O) groups excluding carboxylic acids is 3. The highest BCUT2D eigenvalue weighted by Gasteiger charge is 2.32. The van der Waals surface area contributed by atoms with E-state index >= 15 is 0 Å². The Balaban J connectivity index is 0.000000158. The van der Waals surface area contributed by atoms with Crippen LogP contribution in [0.4, 0.5) is 0 Å². The number of ether oxygens (including phenoxy) is 3. The van der Waals surface area contributed by atoms with Gasteiger partial charge in [0.2, 0.25) is 0 Å². The molecule has 22 heteroatoms. The largest absolute Gasteiger partial charge is 0.421 e. The van der Waals surface area contributed by atoms with Gasteiger partial charge in [-0.25, -0.2) is 14.4 Å². The minimum atomic E-state index is -0.356. The Morgan fingerprint density at radius 2 is 0.423 bits per heavy atom. The maximum Gasteiger partial charge on any atom is 0.343 e. The molecular weight excluding hydrogens is 2600 g/mol. The van der Waals surface area contributed by atoms with Gasteiger partial charge in [0.25, 0.3) is 0 Å². The number of hydrogen-bond donors (Lipinski definition) is 0. The summed E-state index contributed by atoms with van der Waals surface area (Å²) in [6.45, 7) is 0. The lowest BCUT2D eigenvalue weighted by atomic mass is 10.2. The van der Waals surface area contributed by atoms with Crippen LogP contribution in [0.3, 0.4) is 0 Å². The zero-order valence-electron chi connectivity index (χ0n) is 49.5. The third-order valence-corrected chi connectivity index (χ3v) is 29.3. The summed E-state index contributed by atoms with van der Waals surface area (Å²) in [7, 11) is -0.817. The van der Waals surface area contributed by atoms with E-state index in [0.29, 0.717) is 33.9 Å². The highest BCUT2D eigenvalue weighted by molar-refractivity contribution is 14.1. The van der Waals surface area contributed by atoms with Crippen LogP contribution < -0.4 is 14.2 Å². The third kappa shape index (κ3) is 22.0. The Kier molecular flexibility index (Phi) is 30.9. The molecule has 0 N–H and O–H groups in total. The fourth-order valence-electron chi connectivity index (χ4n) is 9.14. The second-order valence-corrected chi connectivity index (χ2v) is 41.0. The molecule has 6 nitrogen and oxygen atoms in total. The van der Waals surface area contributed by atoms with E-state index in [1.165, 1.54) is 32.9 Å². The van der Waals surface area contributed by atoms with Crippen molar-refractivity contribution in [1.29, 1.82) is 0 Å². The molecule has 97 heavy (non-hydrogen) atoms. The van der Waals surface area contributed by atoms with Gasteiger partial charge in [-0.2, -0.15) is 0 Å². The zero-order valence-corrected chi connectivity index (χ0v) is 78.3. The Morgan fingerprint density at radius 1 is 0.237 bits per heavy atom. The number of esters is 3. The van der Waals surface area contributed by atoms with E-state index in [9.17, 15) is 14.4 Å². The molecule has 486 valence electrons. The van der Waals surface area contributed by atoms with Crippen molar-refractivity contribution in [2.45, 2.75) is 44.1 Å². The average Bonchev–Trinajstić information content (AvgIpc) is 0.857. The molecule has 0 heterocycles. The van der Waals surface area contributed by atoms with E-state index in [1.54, 1.807) is 0 Å². The topological polar surface area (TPSA) is 78.9 Å². The molecule has 0 saturated heterocycles. The quantitative estimate of drug-likeness (QED) is 0.0440. The van der Waals surface area contributed by atoms with Crippen LogP contribution in [0.1, 0.15) is 31.1 Å². The molecule has 0 spiro atoms. The van der Waals surface area contributed by atoms with Crippen LogP contribution in [-0.2, 0) is 32.7 Å². The first-order chi connectivity index (χ1) is 46.7. The van der Waals surface area contributed by atoms with E-state index < -0.39 is 0 Å². The van der Waals surface area contributed by atoms with E-state index in [2.05, 4.69) is 419 Å². The summed E-state index contributed by atoms with van der Waals surface area (Å²) in [4.78, 5) is 49.3. The van der Waals surface area contributed by atoms with E-state index in [4.69, 9.17) is 14.2 Å². The molecule has 12 aromatic rings. The summed E-state index contributed by atoms with van der Waals surface area (Å²) in [6.07, 6.45) is 0. The number of halogens is 13. The standard InChI is InChI=1S/C25H14Br2I3O2S.C25H15BrI3O2S.C25H15I4O2S/c26-16-3-9-20(10-4-16)33(21-11-5-17(27)6-12-21)19-7-1-15(2-8-19)25(31)32-24-22(29)13-18(28)14-23(24)30;2*26-17-8-12-21(13-9-17)32(19-4-2-1-3-5-19)20-10-6-16(7-11-20)25(30)31-24-22(28)14-18(27)15-23(24)29/h1-14H;2*1-15H/q3*+1. The molecule has 0 bridgehead atoms. The van der Waals surface area contributed by atoms with Crippen molar-refractivity contribution < 1.29 is 28.6 Å². The molecule has 12 rings (SSSR count). The van der Waals surface area contributed by atoms with E-state index in [-0.39, 0.29) is 50.6 Å². The van der Waals surface area contributed by atoms with Crippen LogP contribution in [0, 0.1) is 35.7 Å². The van der Waals surface area contributed by atoms with Crippen molar-refractivity contribution in [1.82, 2.24) is 0 Å². The van der Waals surface area contributed by atoms with Gasteiger partial charge in [-0.3, -0.25) is 0 Å². The van der Waals surface area contributed by atoms with Gasteiger partial charge >= 0.3 is 17.9 Å². The van der Waals surface area contributed by atoms with Crippen molar-refractivity contribution in [3.63, 3.8) is 0 Å². The van der Waals surface area contributed by atoms with Crippen LogP contribution in [0.2, 0.25) is 0 Å². The second-order valence-electron chi connectivity index (χ2n) is 20.2. The predicted octanol–water partition coefficient (Wildman–Crippen LogP) is 26.3. The third-order valence-electron chi connectivity index (χ3n) is 13.6. The lowest BCUT2D eigenvalue weighted by Crippen LogP contribution is -2.11. The first-order valence-electron chi connectivity index (χ1n) is 28.4. The van der Waals surface area contributed by atoms with Gasteiger partial charge in [0.1, 0.15) is 0 Å². The molecule has 0 fully saturated rings. The summed E-state index contributed by atoms with van der Waals surface area (Å²) < 4.78 is 30.4. The SMILES string of the molecule is O=C(Oc1c(I)cc(I)cc1I)c1ccc([S+](c2ccc(Br)cc2)c2ccc(Br)cc2)cc1.O=C(Oc1c(I)cc(I)cc1I)c1ccc([S+](c2ccccc2)c2ccc(Br)cc2)cc1.O=C(Oc1c(I)cc(I)cc1I)c1ccc([S+](c2ccccc2)c2ccc(I)cc2)cc1. The van der Waals surface area contributed by atoms with Gasteiger partial charge in [0, 0.05) is 27.7 Å². The van der Waals surface area contributed by atoms with Gasteiger partial charge in [0.15, 0.2) is 61.3 Å². The first kappa shape index (κ1) is 78.4. The molecule has 0 radical (unpaired) electrons. The normalized spacial score (nSPS) is 11.5. The molecular formula is C75H44Br3I10O6S3+3. The zero-order chi connectivity index (χ0) is 68.9. The predicted molar refractivity (Wildman–Crippen MR) is 489 cm³/mol. The Labute approximate surface area is 733 Å². The van der Waals surface area contributed by atoms with Crippen LogP contribution in [0.15, 0.2) is 324 Å². The molecule has 2 unspecified atom stereocenters. The van der Waals surface area contributed by atoms with Gasteiger partial charge in [-0.15, -0.1) is 0 Å². The minimum absolute atomic E-state index is 0.251. The van der Waals surface area contributed by atoms with Gasteiger partial charge < -0.3 is 14.2 Å². The fourth-order valence-corrected chi connectivity index (χ4v) is 27.9. The second kappa shape index (κ2) is 38.2. The summed E-state index contributed by atoms with van der Waals surface area (Å²) in [5.41, 5.74) is 1.60. The molecule has 0 aliphatic carbocycles. The van der Waals surface area contributed by atoms with Gasteiger partial charge in [-0.05, 0) is 456 Å². The summed E-state index contributed by atoms with van der Waals surface area (Å²) in [6, 6.07) is 90.0. The maximum absolute atomic E-state index is 12.9. The highest BCUT2D eigenvalue weighted by Crippen LogP contribution is 2.38. The van der Waals surface area contributed by atoms with Crippen LogP contribution >= 0.6 is 274 Å². The Morgan fingerprint density at radius 3 is 0.639 bits per heavy atom. The highest BCUT2D eigenvalue weighted by atomic mass is 127. The average molecular weight is 2650 g/mol. The van der Waals surface area contributed by atoms with Crippen LogP contribution in [0.5, 0.6) is 17.2 Å². The number of carbonyl (C=O) groups is 3. The molecule has 12 aromatic carbocycles. The lowest BCUT2D eigenvalue weighted by molar-refractivity contribution is 0.0722. The molecule has 0 aliphatic rings. The Hall–Kier alpha value is -1.16. The van der Waals surface area contributed by atoms with Crippen molar-refractivity contribution in [2.24, 2.45) is 0 Å². The fraction of sp³-hybridized carbons (Fsp3) is 0. The van der Waals surface area contributed by atoms with Crippen LogP contribution in [-0.4, -0.2) is 17.9 Å². The molecule has 0 amide bonds. The molecule has 0 aliphatic heterocycles. The molecule has 0 saturated carbocycles. The maximum atomic E-state index is 12.9. The number of hydrogen-bond acceptors (Lipinski definition) is 6. The minimum Gasteiger partial charge on any atom is -0.421 e. The molecule has 2 atom stereocenters. The number of benzene rings is 12. The lowest BCUT2D eigenvalue weighted by Gasteiger charge is -2.11. The van der Waals surface area contributed by atoms with Crippen molar-refractivity contribution in [3.05, 3.63) is 333 Å². The van der Waals surface area contributed by atoms with E-state index in [1.807, 2.05) is 121 Å². The monoisotopic (exact) mass is 2640 g/mol. The van der Waals surface area contributed by atoms with Gasteiger partial charge in [-0.1, -0.05) is 84.2 Å². The number of rotatable bonds is 15. The molecule has 0 aromatic heterocycles. The summed E-state index contributed by atoms with van der Waals surface area (Å²) in [5.74, 6) is 0.781. The smallest absolute Gasteiger partial charge is 0.343 e.